The van der Waals surface area contributed by atoms with Crippen molar-refractivity contribution in [2.24, 2.45) is 11.8 Å². The molecule has 3 atom stereocenters. The number of allylic oxidation sites excluding steroid dienone is 4. The highest BCUT2D eigenvalue weighted by atomic mass is 16.2. The third kappa shape index (κ3) is 2.56. The van der Waals surface area contributed by atoms with Crippen molar-refractivity contribution in [2.45, 2.75) is 65.3 Å². The van der Waals surface area contributed by atoms with Crippen LogP contribution in [0.1, 0.15) is 74.8 Å². The fraction of sp³-hybridized carbons (Fsp3) is 0.571. The number of nitrogens with one attached hydrogen (secondary N) is 1. The van der Waals surface area contributed by atoms with Gasteiger partial charge in [0.1, 0.15) is 0 Å². The van der Waals surface area contributed by atoms with E-state index in [-0.39, 0.29) is 17.6 Å². The number of nitrogens with zero attached hydrogens (tertiary/aromatic N) is 1. The quantitative estimate of drug-likeness (QED) is 0.828. The number of aromatic nitrogens is 2. The third-order valence-electron chi connectivity index (χ3n) is 6.34. The molecular weight excluding hydrogens is 328 g/mol. The van der Waals surface area contributed by atoms with Crippen LogP contribution in [0, 0.1) is 11.8 Å². The molecule has 3 aliphatic carbocycles. The van der Waals surface area contributed by atoms with E-state index in [4.69, 9.17) is 0 Å². The van der Waals surface area contributed by atoms with Gasteiger partial charge in [-0.05, 0) is 44.9 Å². The molecule has 5 nitrogen and oxygen atoms in total. The zero-order valence-electron chi connectivity index (χ0n) is 15.7. The van der Waals surface area contributed by atoms with Crippen molar-refractivity contribution in [2.75, 3.05) is 0 Å². The van der Waals surface area contributed by atoms with E-state index in [9.17, 15) is 14.4 Å². The Labute approximate surface area is 152 Å². The lowest BCUT2D eigenvalue weighted by molar-refractivity contribution is 0.0890. The molecule has 1 heterocycles. The lowest BCUT2D eigenvalue weighted by Crippen LogP contribution is -2.44. The smallest absolute Gasteiger partial charge is 0.292 e. The van der Waals surface area contributed by atoms with Gasteiger partial charge in [0, 0.05) is 18.4 Å². The average molecular weight is 354 g/mol. The summed E-state index contributed by atoms with van der Waals surface area (Å²) in [6, 6.07) is 0. The Hall–Kier alpha value is -2.17. The molecule has 26 heavy (non-hydrogen) atoms. The first-order valence-corrected chi connectivity index (χ1v) is 9.67. The summed E-state index contributed by atoms with van der Waals surface area (Å²) in [5.41, 5.74) is 3.49. The van der Waals surface area contributed by atoms with E-state index >= 15 is 0 Å². The van der Waals surface area contributed by atoms with Crippen LogP contribution in [0.3, 0.4) is 0 Å². The first-order valence-electron chi connectivity index (χ1n) is 9.67. The number of Topliss-reactive ketones (excluding diaryl/α,β-unsaturated/α-hetero) is 1. The van der Waals surface area contributed by atoms with Crippen LogP contribution >= 0.6 is 0 Å². The van der Waals surface area contributed by atoms with E-state index in [1.165, 1.54) is 15.7 Å². The molecule has 0 bridgehead atoms. The summed E-state index contributed by atoms with van der Waals surface area (Å²) in [6.07, 6.45) is 6.99. The number of H-pyrrole nitrogens is 1. The van der Waals surface area contributed by atoms with Gasteiger partial charge in [-0.25, -0.2) is 4.79 Å². The molecule has 0 saturated heterocycles. The number of fused-ring (bicyclic) bond motifs is 2. The predicted molar refractivity (Wildman–Crippen MR) is 101 cm³/mol. The Kier molecular flexibility index (Phi) is 4.13. The number of rotatable bonds is 2. The SMILES string of the molecule is CC1=C2C(CC(C)C1)C(=O)c1c(c(=O)[nH]c(=O)n1CC1=CCCC1)C2C. The molecule has 0 saturated carbocycles. The molecule has 5 heteroatoms. The Balaban J connectivity index is 1.93. The molecule has 0 aliphatic heterocycles. The minimum atomic E-state index is -0.463. The van der Waals surface area contributed by atoms with Crippen LogP contribution in [0.5, 0.6) is 0 Å². The van der Waals surface area contributed by atoms with Crippen LogP contribution in [0.4, 0.5) is 0 Å². The normalized spacial score (nSPS) is 28.0. The minimum Gasteiger partial charge on any atom is -0.292 e. The van der Waals surface area contributed by atoms with Gasteiger partial charge in [-0.15, -0.1) is 0 Å². The molecule has 3 aliphatic rings. The van der Waals surface area contributed by atoms with Gasteiger partial charge in [-0.2, -0.15) is 0 Å². The number of carbonyl (C=O) groups excluding carboxylic acids is 1. The van der Waals surface area contributed by atoms with Crippen LogP contribution in [-0.4, -0.2) is 15.3 Å². The van der Waals surface area contributed by atoms with Crippen molar-refractivity contribution in [3.63, 3.8) is 0 Å². The van der Waals surface area contributed by atoms with Gasteiger partial charge >= 0.3 is 5.69 Å². The van der Waals surface area contributed by atoms with Gasteiger partial charge in [0.15, 0.2) is 5.78 Å². The Morgan fingerprint density at radius 3 is 2.69 bits per heavy atom. The molecular formula is C21H26N2O3. The maximum absolute atomic E-state index is 13.4. The van der Waals surface area contributed by atoms with Crippen molar-refractivity contribution in [1.29, 1.82) is 0 Å². The summed E-state index contributed by atoms with van der Waals surface area (Å²) in [6.45, 7) is 6.67. The molecule has 0 fully saturated rings. The lowest BCUT2D eigenvalue weighted by Gasteiger charge is -2.38. The van der Waals surface area contributed by atoms with E-state index in [1.54, 1.807) is 0 Å². The van der Waals surface area contributed by atoms with Crippen LogP contribution in [0.25, 0.3) is 0 Å². The summed E-state index contributed by atoms with van der Waals surface area (Å²) in [4.78, 5) is 41.1. The number of carbonyl (C=O) groups is 1. The molecule has 0 aromatic carbocycles. The van der Waals surface area contributed by atoms with Crippen molar-refractivity contribution < 1.29 is 4.79 Å². The molecule has 1 aromatic heterocycles. The van der Waals surface area contributed by atoms with Crippen molar-refractivity contribution in [3.05, 3.63) is 54.9 Å². The molecule has 0 spiro atoms. The third-order valence-corrected chi connectivity index (χ3v) is 6.34. The van der Waals surface area contributed by atoms with Crippen LogP contribution in [-0.2, 0) is 6.54 Å². The summed E-state index contributed by atoms with van der Waals surface area (Å²) in [5, 5.41) is 0. The number of hydrogen-bond donors (Lipinski definition) is 1. The number of aromatic amines is 1. The second kappa shape index (κ2) is 6.22. The molecule has 0 amide bonds. The molecule has 3 unspecified atom stereocenters. The Morgan fingerprint density at radius 2 is 2.00 bits per heavy atom. The maximum Gasteiger partial charge on any atom is 0.329 e. The van der Waals surface area contributed by atoms with Gasteiger partial charge < -0.3 is 0 Å². The largest absolute Gasteiger partial charge is 0.329 e. The van der Waals surface area contributed by atoms with Gasteiger partial charge in [-0.3, -0.25) is 19.1 Å². The molecule has 0 radical (unpaired) electrons. The zero-order valence-corrected chi connectivity index (χ0v) is 15.7. The first kappa shape index (κ1) is 17.3. The van der Waals surface area contributed by atoms with E-state index in [0.29, 0.717) is 23.7 Å². The van der Waals surface area contributed by atoms with Crippen molar-refractivity contribution in [3.8, 4) is 0 Å². The summed E-state index contributed by atoms with van der Waals surface area (Å²) in [7, 11) is 0. The van der Waals surface area contributed by atoms with E-state index in [1.807, 2.05) is 6.92 Å². The second-order valence-electron chi connectivity index (χ2n) is 8.28. The first-order chi connectivity index (χ1) is 12.4. The monoisotopic (exact) mass is 354 g/mol. The molecule has 4 rings (SSSR count). The highest BCUT2D eigenvalue weighted by molar-refractivity contribution is 6.01. The Morgan fingerprint density at radius 1 is 1.23 bits per heavy atom. The van der Waals surface area contributed by atoms with Crippen LogP contribution in [0.15, 0.2) is 32.4 Å². The lowest BCUT2D eigenvalue weighted by atomic mass is 9.66. The van der Waals surface area contributed by atoms with Crippen molar-refractivity contribution in [1.82, 2.24) is 9.55 Å². The number of ketones is 1. The number of hydrogen-bond acceptors (Lipinski definition) is 3. The zero-order chi connectivity index (χ0) is 18.6. The second-order valence-corrected chi connectivity index (χ2v) is 8.28. The molecule has 138 valence electrons. The van der Waals surface area contributed by atoms with Crippen LogP contribution < -0.4 is 11.2 Å². The van der Waals surface area contributed by atoms with E-state index < -0.39 is 11.2 Å². The highest BCUT2D eigenvalue weighted by Gasteiger charge is 2.43. The topological polar surface area (TPSA) is 71.9 Å². The summed E-state index contributed by atoms with van der Waals surface area (Å²) in [5.74, 6) is 0.0987. The van der Waals surface area contributed by atoms with Gasteiger partial charge in [0.05, 0.1) is 11.3 Å². The Bertz CT molecular complexity index is 960. The van der Waals surface area contributed by atoms with Gasteiger partial charge in [0.25, 0.3) is 5.56 Å². The van der Waals surface area contributed by atoms with Gasteiger partial charge in [0.2, 0.25) is 0 Å². The summed E-state index contributed by atoms with van der Waals surface area (Å²) >= 11 is 0. The fourth-order valence-corrected chi connectivity index (χ4v) is 5.28. The fourth-order valence-electron chi connectivity index (χ4n) is 5.28. The van der Waals surface area contributed by atoms with E-state index in [0.717, 1.165) is 37.7 Å². The van der Waals surface area contributed by atoms with E-state index in [2.05, 4.69) is 24.9 Å². The van der Waals surface area contributed by atoms with Gasteiger partial charge in [-0.1, -0.05) is 36.6 Å². The highest BCUT2D eigenvalue weighted by Crippen LogP contribution is 2.46. The average Bonchev–Trinajstić information content (AvgIpc) is 3.07. The van der Waals surface area contributed by atoms with Crippen LogP contribution in [0.2, 0.25) is 0 Å². The standard InChI is InChI=1S/C21H26N2O3/c1-11-8-12(2)16-13(3)17-18(19(24)15(16)9-11)23(21(26)22-20(17)25)10-14-6-4-5-7-14/h6,11,13,15H,4-5,7-10H2,1-3H3,(H,22,25,26). The molecule has 1 aromatic rings. The summed E-state index contributed by atoms with van der Waals surface area (Å²) < 4.78 is 1.53. The predicted octanol–water partition coefficient (Wildman–Crippen LogP) is 3.31. The minimum absolute atomic E-state index is 0.0409. The van der Waals surface area contributed by atoms with Crippen molar-refractivity contribution >= 4 is 5.78 Å². The molecule has 1 N–H and O–H groups in total. The maximum atomic E-state index is 13.4.